The van der Waals surface area contributed by atoms with E-state index in [2.05, 4.69) is 38.2 Å². The van der Waals surface area contributed by atoms with Gasteiger partial charge in [0.1, 0.15) is 23.7 Å². The number of rotatable bonds is 12. The summed E-state index contributed by atoms with van der Waals surface area (Å²) in [6.07, 6.45) is 15.7. The first-order valence-corrected chi connectivity index (χ1v) is 17.0. The molecular weight excluding hydrogens is 590 g/mol. The number of allylic oxidation sites excluding steroid dienone is 2. The van der Waals surface area contributed by atoms with Crippen LogP contribution in [0.25, 0.3) is 12.2 Å². The van der Waals surface area contributed by atoms with Gasteiger partial charge in [-0.15, -0.1) is 0 Å². The summed E-state index contributed by atoms with van der Waals surface area (Å²) in [5, 5.41) is 14.4. The van der Waals surface area contributed by atoms with E-state index in [4.69, 9.17) is 19.9 Å². The fourth-order valence-corrected chi connectivity index (χ4v) is 7.66. The predicted molar refractivity (Wildman–Crippen MR) is 189 cm³/mol. The molecule has 1 saturated carbocycles. The number of amides is 1. The van der Waals surface area contributed by atoms with Gasteiger partial charge in [0.05, 0.1) is 12.8 Å². The first-order valence-electron chi connectivity index (χ1n) is 17.0. The zero-order chi connectivity index (χ0) is 33.8. The second-order valence-corrected chi connectivity index (χ2v) is 14.6. The Labute approximate surface area is 280 Å². The van der Waals surface area contributed by atoms with Crippen molar-refractivity contribution in [2.24, 2.45) is 17.1 Å². The SMILES string of the molecule is COc1cc(/C=C/c2cc(O)c(CC=C(C)C)c(OC/C(N)=C/NCC3CCCN3C=O)c2)cc2c1O[C@]1(C)CCCC(C)(C)C1C2. The van der Waals surface area contributed by atoms with Gasteiger partial charge >= 0.3 is 0 Å². The number of hydrogen-bond acceptors (Lipinski definition) is 7. The smallest absolute Gasteiger partial charge is 0.210 e. The maximum absolute atomic E-state index is 11.2. The van der Waals surface area contributed by atoms with Gasteiger partial charge < -0.3 is 35.3 Å². The van der Waals surface area contributed by atoms with Crippen LogP contribution in [-0.2, 0) is 17.6 Å². The van der Waals surface area contributed by atoms with Crippen LogP contribution in [0, 0.1) is 11.3 Å². The minimum absolute atomic E-state index is 0.155. The summed E-state index contributed by atoms with van der Waals surface area (Å²) >= 11 is 0. The lowest BCUT2D eigenvalue weighted by molar-refractivity contribution is -0.118. The zero-order valence-corrected chi connectivity index (χ0v) is 29.0. The molecule has 0 spiro atoms. The van der Waals surface area contributed by atoms with Crippen molar-refractivity contribution in [1.29, 1.82) is 0 Å². The molecule has 47 heavy (non-hydrogen) atoms. The number of carbonyl (C=O) groups excluding carboxylic acids is 1. The highest BCUT2D eigenvalue weighted by atomic mass is 16.5. The standard InChI is InChI=1S/C39H53N3O5/c1-26(2)10-13-32-33(44)18-28(19-34(32)46-24-30(40)22-41-23-31-9-7-16-42(31)25-43)12-11-27-17-29-21-36-38(3,4)14-8-15-39(36,5)47-37(29)35(20-27)45-6/h10-12,17-20,22,25,31,36,41,44H,7-9,13-16,21,23-24,40H2,1-6H3/b12-11+,30-22-/t31?,36?,39-/m1/s1. The van der Waals surface area contributed by atoms with Crippen LogP contribution >= 0.6 is 0 Å². The predicted octanol–water partition coefficient (Wildman–Crippen LogP) is 6.99. The maximum atomic E-state index is 11.2. The number of nitrogens with two attached hydrogens (primary N) is 1. The highest BCUT2D eigenvalue weighted by Crippen LogP contribution is 2.54. The molecular formula is C39H53N3O5. The van der Waals surface area contributed by atoms with Crippen molar-refractivity contribution in [1.82, 2.24) is 10.2 Å². The number of hydrogen-bond donors (Lipinski definition) is 3. The average Bonchev–Trinajstić information content (AvgIpc) is 3.48. The lowest BCUT2D eigenvalue weighted by atomic mass is 9.59. The Bertz CT molecular complexity index is 1540. The molecule has 1 saturated heterocycles. The molecule has 8 heteroatoms. The fourth-order valence-electron chi connectivity index (χ4n) is 7.66. The van der Waals surface area contributed by atoms with Crippen LogP contribution in [0.15, 0.2) is 47.8 Å². The average molecular weight is 644 g/mol. The Morgan fingerprint density at radius 1 is 1.11 bits per heavy atom. The van der Waals surface area contributed by atoms with Gasteiger partial charge in [-0.1, -0.05) is 37.6 Å². The van der Waals surface area contributed by atoms with Crippen LogP contribution in [0.5, 0.6) is 23.0 Å². The normalized spacial score (nSPS) is 23.4. The van der Waals surface area contributed by atoms with Gasteiger partial charge in [-0.05, 0) is 112 Å². The van der Waals surface area contributed by atoms with Crippen molar-refractivity contribution >= 4 is 18.6 Å². The van der Waals surface area contributed by atoms with E-state index in [0.717, 1.165) is 66.8 Å². The van der Waals surface area contributed by atoms with Gasteiger partial charge in [-0.2, -0.15) is 0 Å². The van der Waals surface area contributed by atoms with Crippen LogP contribution in [0.1, 0.15) is 89.0 Å². The summed E-state index contributed by atoms with van der Waals surface area (Å²) in [4.78, 5) is 13.1. The summed E-state index contributed by atoms with van der Waals surface area (Å²) in [5.74, 6) is 2.79. The molecule has 3 aliphatic rings. The molecule has 4 N–H and O–H groups in total. The number of methoxy groups -OCH3 is 1. The number of nitrogens with zero attached hydrogens (tertiary/aromatic N) is 1. The van der Waals surface area contributed by atoms with Crippen molar-refractivity contribution in [3.8, 4) is 23.0 Å². The Balaban J connectivity index is 1.35. The summed E-state index contributed by atoms with van der Waals surface area (Å²) < 4.78 is 18.8. The van der Waals surface area contributed by atoms with Gasteiger partial charge in [-0.25, -0.2) is 0 Å². The molecule has 2 unspecified atom stereocenters. The van der Waals surface area contributed by atoms with E-state index in [1.54, 1.807) is 19.4 Å². The molecule has 254 valence electrons. The van der Waals surface area contributed by atoms with E-state index >= 15 is 0 Å². The second kappa shape index (κ2) is 14.4. The van der Waals surface area contributed by atoms with Crippen LogP contribution in [0.2, 0.25) is 0 Å². The first kappa shape index (κ1) is 34.3. The van der Waals surface area contributed by atoms with Crippen molar-refractivity contribution in [3.05, 3.63) is 70.1 Å². The molecule has 5 rings (SSSR count). The molecule has 1 amide bonds. The summed E-state index contributed by atoms with van der Waals surface area (Å²) in [6.45, 7) is 12.7. The Kier molecular flexibility index (Phi) is 10.5. The van der Waals surface area contributed by atoms with Crippen LogP contribution in [0.3, 0.4) is 0 Å². The molecule has 2 heterocycles. The van der Waals surface area contributed by atoms with Crippen LogP contribution in [-0.4, -0.2) is 54.9 Å². The van der Waals surface area contributed by atoms with Crippen LogP contribution < -0.4 is 25.3 Å². The maximum Gasteiger partial charge on any atom is 0.210 e. The van der Waals surface area contributed by atoms with Gasteiger partial charge in [0.15, 0.2) is 11.5 Å². The van der Waals surface area contributed by atoms with Gasteiger partial charge in [0.2, 0.25) is 6.41 Å². The molecule has 8 nitrogen and oxygen atoms in total. The Morgan fingerprint density at radius 3 is 2.57 bits per heavy atom. The molecule has 0 aromatic heterocycles. The Hall–Kier alpha value is -4.07. The highest BCUT2D eigenvalue weighted by molar-refractivity contribution is 5.74. The molecule has 0 bridgehead atoms. The molecule has 2 aliphatic heterocycles. The number of phenolic OH excluding ortho intramolecular Hbond substituents is 1. The Morgan fingerprint density at radius 2 is 1.85 bits per heavy atom. The number of phenols is 1. The van der Waals surface area contributed by atoms with E-state index < -0.39 is 0 Å². The number of aromatic hydroxyl groups is 1. The molecule has 2 fully saturated rings. The van der Waals surface area contributed by atoms with Gasteiger partial charge in [-0.3, -0.25) is 4.79 Å². The lowest BCUT2D eigenvalue weighted by Crippen LogP contribution is -2.54. The molecule has 2 aromatic rings. The number of nitrogens with one attached hydrogen (secondary N) is 1. The summed E-state index contributed by atoms with van der Waals surface area (Å²) in [5.41, 5.74) is 11.7. The van der Waals surface area contributed by atoms with Gasteiger partial charge in [0.25, 0.3) is 0 Å². The third-order valence-electron chi connectivity index (χ3n) is 10.3. The monoisotopic (exact) mass is 643 g/mol. The van der Waals surface area contributed by atoms with Crippen molar-refractivity contribution in [3.63, 3.8) is 0 Å². The van der Waals surface area contributed by atoms with Crippen molar-refractivity contribution in [2.45, 2.75) is 91.2 Å². The van der Waals surface area contributed by atoms with E-state index in [-0.39, 0.29) is 29.4 Å². The molecule has 2 aromatic carbocycles. The third-order valence-corrected chi connectivity index (χ3v) is 10.3. The highest BCUT2D eigenvalue weighted by Gasteiger charge is 2.51. The van der Waals surface area contributed by atoms with E-state index in [0.29, 0.717) is 35.9 Å². The third kappa shape index (κ3) is 7.91. The fraction of sp³-hybridized carbons (Fsp3) is 0.513. The molecule has 3 atom stereocenters. The van der Waals surface area contributed by atoms with E-state index in [1.807, 2.05) is 43.0 Å². The van der Waals surface area contributed by atoms with Crippen molar-refractivity contribution in [2.75, 3.05) is 26.8 Å². The van der Waals surface area contributed by atoms with E-state index in [1.165, 1.54) is 18.4 Å². The zero-order valence-electron chi connectivity index (χ0n) is 29.0. The number of carbonyl (C=O) groups is 1. The van der Waals surface area contributed by atoms with Gasteiger partial charge in [0, 0.05) is 36.8 Å². The number of likely N-dealkylation sites (tertiary alicyclic amines) is 1. The summed E-state index contributed by atoms with van der Waals surface area (Å²) in [6, 6.07) is 8.12. The first-order chi connectivity index (χ1) is 22.4. The summed E-state index contributed by atoms with van der Waals surface area (Å²) in [7, 11) is 1.70. The van der Waals surface area contributed by atoms with E-state index in [9.17, 15) is 9.90 Å². The minimum atomic E-state index is -0.192. The molecule has 1 aliphatic carbocycles. The lowest BCUT2D eigenvalue weighted by Gasteiger charge is -2.53. The van der Waals surface area contributed by atoms with Crippen molar-refractivity contribution < 1.29 is 24.1 Å². The quantitative estimate of drug-likeness (QED) is 0.130. The molecule has 0 radical (unpaired) electrons. The number of benzene rings is 2. The number of ether oxygens (including phenoxy) is 3. The topological polar surface area (TPSA) is 106 Å². The van der Waals surface area contributed by atoms with Crippen LogP contribution in [0.4, 0.5) is 0 Å². The number of fused-ring (bicyclic) bond motifs is 2. The largest absolute Gasteiger partial charge is 0.507 e. The minimum Gasteiger partial charge on any atom is -0.507 e. The second-order valence-electron chi connectivity index (χ2n) is 14.6.